The van der Waals surface area contributed by atoms with Crippen LogP contribution in [0.15, 0.2) is 23.4 Å². The first-order chi connectivity index (χ1) is 12.7. The first kappa shape index (κ1) is 18.2. The Hall–Kier alpha value is -2.20. The molecule has 8 nitrogen and oxygen atoms in total. The Morgan fingerprint density at radius 1 is 1.41 bits per heavy atom. The monoisotopic (exact) mass is 430 g/mol. The topological polar surface area (TPSA) is 93.6 Å². The Labute approximate surface area is 160 Å². The highest BCUT2D eigenvalue weighted by Crippen LogP contribution is 2.38. The predicted molar refractivity (Wildman–Crippen MR) is 93.0 cm³/mol. The van der Waals surface area contributed by atoms with Crippen LogP contribution in [0.5, 0.6) is 0 Å². The van der Waals surface area contributed by atoms with Gasteiger partial charge < -0.3 is 0 Å². The van der Waals surface area contributed by atoms with E-state index in [0.717, 1.165) is 0 Å². The van der Waals surface area contributed by atoms with E-state index in [1.165, 1.54) is 22.9 Å². The lowest BCUT2D eigenvalue weighted by Crippen LogP contribution is -2.34. The van der Waals surface area contributed by atoms with Crippen LogP contribution in [0.25, 0.3) is 21.2 Å². The lowest BCUT2D eigenvalue weighted by Gasteiger charge is -2.09. The van der Waals surface area contributed by atoms with Gasteiger partial charge in [-0.25, -0.2) is 28.8 Å². The van der Waals surface area contributed by atoms with E-state index in [1.54, 1.807) is 0 Å². The van der Waals surface area contributed by atoms with Gasteiger partial charge in [0.2, 0.25) is 10.0 Å². The number of fused-ring (bicyclic) bond motifs is 1. The number of imidazole rings is 1. The molecule has 27 heavy (non-hydrogen) atoms. The van der Waals surface area contributed by atoms with E-state index in [9.17, 15) is 17.2 Å². The zero-order chi connectivity index (χ0) is 19.4. The average molecular weight is 431 g/mol. The van der Waals surface area contributed by atoms with Crippen LogP contribution in [-0.4, -0.2) is 33.7 Å². The van der Waals surface area contributed by atoms with E-state index >= 15 is 0 Å². The smallest absolute Gasteiger partial charge is 0.295 e. The Morgan fingerprint density at radius 2 is 2.15 bits per heavy atom. The number of nitrogens with one attached hydrogen (secondary N) is 1. The summed E-state index contributed by atoms with van der Waals surface area (Å²) in [7, 11) is -4.02. The summed E-state index contributed by atoms with van der Waals surface area (Å²) in [5, 5.41) is 6.83. The second-order valence-electron chi connectivity index (χ2n) is 5.86. The summed E-state index contributed by atoms with van der Waals surface area (Å²) in [5.41, 5.74) is -0.727. The number of hydrogen-bond donors (Lipinski definition) is 1. The van der Waals surface area contributed by atoms with Crippen molar-refractivity contribution < 1.29 is 17.2 Å². The minimum Gasteiger partial charge on any atom is -0.295 e. The van der Waals surface area contributed by atoms with Crippen LogP contribution in [0.1, 0.15) is 24.3 Å². The van der Waals surface area contributed by atoms with E-state index in [4.69, 9.17) is 18.2 Å². The van der Waals surface area contributed by atoms with Crippen LogP contribution in [-0.2, 0) is 10.0 Å². The van der Waals surface area contributed by atoms with Crippen molar-refractivity contribution >= 4 is 38.5 Å². The molecule has 1 saturated carbocycles. The lowest BCUT2D eigenvalue weighted by atomic mass is 10.4. The molecule has 0 spiro atoms. The average Bonchev–Trinajstić information content (AvgIpc) is 3.03. The molecule has 13 heteroatoms. The van der Waals surface area contributed by atoms with Crippen molar-refractivity contribution in [3.8, 4) is 10.8 Å². The van der Waals surface area contributed by atoms with Crippen molar-refractivity contribution in [2.75, 3.05) is 0 Å². The maximum atomic E-state index is 12.8. The Morgan fingerprint density at radius 3 is 2.74 bits per heavy atom. The Balaban J connectivity index is 1.81. The third-order valence-corrected chi connectivity index (χ3v) is 6.68. The highest BCUT2D eigenvalue weighted by Gasteiger charge is 2.54. The van der Waals surface area contributed by atoms with Crippen molar-refractivity contribution in [1.29, 1.82) is 0 Å². The van der Waals surface area contributed by atoms with E-state index < -0.39 is 27.1 Å². The van der Waals surface area contributed by atoms with Gasteiger partial charge in [-0.05, 0) is 6.07 Å². The summed E-state index contributed by atoms with van der Waals surface area (Å²) in [4.78, 5) is 7.25. The van der Waals surface area contributed by atoms with E-state index in [2.05, 4.69) is 24.7 Å². The number of halogens is 3. The standard InChI is InChI=1S/C14H9ClF2N6O2S2/c1-18-14(2-3-14)22-27(24,25)7-4-8(15)9-5-19-11(23(9)6-7)13-21-20-12(26-13)10(16)17/h4-6,10,22H,2-3H2. The molecule has 140 valence electrons. The number of nitrogens with zero attached hydrogens (tertiary/aromatic N) is 5. The molecule has 3 aromatic heterocycles. The second-order valence-corrected chi connectivity index (χ2v) is 8.95. The summed E-state index contributed by atoms with van der Waals surface area (Å²) >= 11 is 6.83. The number of pyridine rings is 1. The molecule has 0 amide bonds. The van der Waals surface area contributed by atoms with Crippen LogP contribution >= 0.6 is 22.9 Å². The molecule has 0 aliphatic heterocycles. The summed E-state index contributed by atoms with van der Waals surface area (Å²) in [6.07, 6.45) is 0.739. The first-order valence-corrected chi connectivity index (χ1v) is 10.1. The summed E-state index contributed by atoms with van der Waals surface area (Å²) in [5.74, 6) is 0.139. The molecular weight excluding hydrogens is 422 g/mol. The van der Waals surface area contributed by atoms with Gasteiger partial charge in [0.25, 0.3) is 12.1 Å². The third-order valence-electron chi connectivity index (χ3n) is 3.96. The molecule has 1 fully saturated rings. The molecule has 3 heterocycles. The van der Waals surface area contributed by atoms with Crippen molar-refractivity contribution in [3.63, 3.8) is 0 Å². The maximum Gasteiger partial charge on any atom is 0.299 e. The van der Waals surface area contributed by atoms with Crippen LogP contribution < -0.4 is 4.72 Å². The molecule has 4 rings (SSSR count). The Bertz CT molecular complexity index is 1200. The fourth-order valence-electron chi connectivity index (χ4n) is 2.41. The van der Waals surface area contributed by atoms with Crippen molar-refractivity contribution in [1.82, 2.24) is 24.3 Å². The van der Waals surface area contributed by atoms with Gasteiger partial charge in [0.1, 0.15) is 4.90 Å². The van der Waals surface area contributed by atoms with Gasteiger partial charge in [0.05, 0.1) is 29.6 Å². The molecular formula is C14H9ClF2N6O2S2. The SMILES string of the molecule is [C-]#[N+]C1(NS(=O)(=O)c2cc(Cl)c3cnc(-c4nnc(C(F)F)s4)n3c2)CC1. The van der Waals surface area contributed by atoms with Gasteiger partial charge in [-0.15, -0.1) is 14.9 Å². The predicted octanol–water partition coefficient (Wildman–Crippen LogP) is 3.13. The molecule has 1 N–H and O–H groups in total. The number of aromatic nitrogens is 4. The van der Waals surface area contributed by atoms with Crippen LogP contribution in [0, 0.1) is 6.57 Å². The van der Waals surface area contributed by atoms with Crippen molar-refractivity contribution in [2.45, 2.75) is 29.8 Å². The van der Waals surface area contributed by atoms with Gasteiger partial charge in [-0.3, -0.25) is 9.25 Å². The van der Waals surface area contributed by atoms with Crippen molar-refractivity contribution in [2.24, 2.45) is 0 Å². The van der Waals surface area contributed by atoms with Gasteiger partial charge in [0.15, 0.2) is 15.8 Å². The maximum absolute atomic E-state index is 12.8. The van der Waals surface area contributed by atoms with Crippen LogP contribution in [0.4, 0.5) is 8.78 Å². The summed E-state index contributed by atoms with van der Waals surface area (Å²) in [6, 6.07) is 1.25. The third kappa shape index (κ3) is 3.16. The minimum absolute atomic E-state index is 0.0999. The van der Waals surface area contributed by atoms with Gasteiger partial charge >= 0.3 is 0 Å². The molecule has 0 bridgehead atoms. The zero-order valence-electron chi connectivity index (χ0n) is 13.2. The fourth-order valence-corrected chi connectivity index (χ4v) is 4.81. The number of hydrogen-bond acceptors (Lipinski definition) is 6. The molecule has 3 aromatic rings. The molecule has 0 radical (unpaired) electrons. The van der Waals surface area contributed by atoms with Gasteiger partial charge in [0, 0.05) is 6.20 Å². The molecule has 0 unspecified atom stereocenters. The number of alkyl halides is 2. The summed E-state index contributed by atoms with van der Waals surface area (Å²) in [6.45, 7) is 7.12. The fraction of sp³-hybridized carbons (Fsp3) is 0.286. The van der Waals surface area contributed by atoms with Crippen LogP contribution in [0.2, 0.25) is 5.02 Å². The van der Waals surface area contributed by atoms with Crippen LogP contribution in [0.3, 0.4) is 0 Å². The molecule has 0 saturated heterocycles. The quantitative estimate of drug-likeness (QED) is 0.627. The molecule has 0 atom stereocenters. The van der Waals surface area contributed by atoms with E-state index in [1.807, 2.05) is 0 Å². The zero-order valence-corrected chi connectivity index (χ0v) is 15.6. The van der Waals surface area contributed by atoms with E-state index in [-0.39, 0.29) is 20.8 Å². The number of sulfonamides is 1. The molecule has 1 aliphatic rings. The lowest BCUT2D eigenvalue weighted by molar-refractivity contribution is 0.150. The normalized spacial score (nSPS) is 16.0. The minimum atomic E-state index is -4.02. The Kier molecular flexibility index (Phi) is 4.15. The van der Waals surface area contributed by atoms with Gasteiger partial charge in [-0.2, -0.15) is 0 Å². The molecule has 1 aliphatic carbocycles. The second kappa shape index (κ2) is 6.16. The van der Waals surface area contributed by atoms with Gasteiger partial charge in [-0.1, -0.05) is 22.9 Å². The largest absolute Gasteiger partial charge is 0.299 e. The summed E-state index contributed by atoms with van der Waals surface area (Å²) < 4.78 is 54.5. The van der Waals surface area contributed by atoms with E-state index in [0.29, 0.717) is 29.7 Å². The number of rotatable bonds is 5. The first-order valence-electron chi connectivity index (χ1n) is 7.46. The molecule has 0 aromatic carbocycles. The highest BCUT2D eigenvalue weighted by atomic mass is 35.5. The van der Waals surface area contributed by atoms with Crippen molar-refractivity contribution in [3.05, 3.63) is 39.9 Å². The highest BCUT2D eigenvalue weighted by molar-refractivity contribution is 7.89.